The van der Waals surface area contributed by atoms with E-state index in [9.17, 15) is 5.11 Å². The van der Waals surface area contributed by atoms with Crippen LogP contribution in [0, 0.1) is 0 Å². The molecule has 6 heteroatoms. The van der Waals surface area contributed by atoms with E-state index in [-0.39, 0.29) is 0 Å². The number of aliphatic hydroxyl groups is 1. The molecule has 92 valence electrons. The third kappa shape index (κ3) is 4.26. The average molecular weight is 228 g/mol. The van der Waals surface area contributed by atoms with E-state index in [1.54, 1.807) is 13.4 Å². The van der Waals surface area contributed by atoms with Crippen LogP contribution in [0.4, 0.5) is 0 Å². The molecule has 16 heavy (non-hydrogen) atoms. The summed E-state index contributed by atoms with van der Waals surface area (Å²) < 4.78 is 6.68. The van der Waals surface area contributed by atoms with Crippen molar-refractivity contribution in [2.45, 2.75) is 32.5 Å². The zero-order chi connectivity index (χ0) is 11.8. The summed E-state index contributed by atoms with van der Waals surface area (Å²) in [7, 11) is 1.58. The molecule has 0 bridgehead atoms. The van der Waals surface area contributed by atoms with Gasteiger partial charge in [-0.25, -0.2) is 9.67 Å². The second-order valence-corrected chi connectivity index (χ2v) is 3.57. The first-order valence-electron chi connectivity index (χ1n) is 5.52. The fraction of sp³-hybridized carbons (Fsp3) is 0.800. The molecule has 0 aliphatic carbocycles. The predicted molar refractivity (Wildman–Crippen MR) is 59.9 cm³/mol. The van der Waals surface area contributed by atoms with Gasteiger partial charge < -0.3 is 15.2 Å². The molecule has 1 heterocycles. The van der Waals surface area contributed by atoms with Crippen LogP contribution in [0.25, 0.3) is 0 Å². The zero-order valence-electron chi connectivity index (χ0n) is 9.89. The summed E-state index contributed by atoms with van der Waals surface area (Å²) in [5.74, 6) is 0.920. The number of aryl methyl sites for hydroxylation is 1. The minimum Gasteiger partial charge on any atom is -0.391 e. The molecule has 0 aromatic carbocycles. The Bertz CT molecular complexity index is 290. The van der Waals surface area contributed by atoms with Gasteiger partial charge in [-0.05, 0) is 19.9 Å². The highest BCUT2D eigenvalue weighted by Gasteiger charge is 2.04. The lowest BCUT2D eigenvalue weighted by molar-refractivity contribution is 0.0593. The molecule has 1 aromatic rings. The first kappa shape index (κ1) is 13.1. The monoisotopic (exact) mass is 228 g/mol. The minimum absolute atomic E-state index is 0.382. The molecule has 1 aromatic heterocycles. The molecule has 1 unspecified atom stereocenters. The van der Waals surface area contributed by atoms with Crippen molar-refractivity contribution in [3.05, 3.63) is 12.2 Å². The van der Waals surface area contributed by atoms with E-state index in [2.05, 4.69) is 15.4 Å². The number of aromatic nitrogens is 3. The number of ether oxygens (including phenoxy) is 1. The fourth-order valence-corrected chi connectivity index (χ4v) is 1.43. The highest BCUT2D eigenvalue weighted by molar-refractivity contribution is 4.83. The van der Waals surface area contributed by atoms with Crippen LogP contribution in [0.1, 0.15) is 19.2 Å². The summed E-state index contributed by atoms with van der Waals surface area (Å²) in [6.45, 7) is 4.64. The van der Waals surface area contributed by atoms with Gasteiger partial charge in [-0.15, -0.1) is 0 Å². The summed E-state index contributed by atoms with van der Waals surface area (Å²) in [5.41, 5.74) is 0. The van der Waals surface area contributed by atoms with Crippen molar-refractivity contribution in [2.24, 2.45) is 0 Å². The summed E-state index contributed by atoms with van der Waals surface area (Å²) in [6, 6.07) is 0. The molecular weight excluding hydrogens is 208 g/mol. The maximum atomic E-state index is 9.41. The van der Waals surface area contributed by atoms with Crippen LogP contribution >= 0.6 is 0 Å². The van der Waals surface area contributed by atoms with E-state index in [0.29, 0.717) is 19.6 Å². The van der Waals surface area contributed by atoms with Crippen molar-refractivity contribution < 1.29 is 9.84 Å². The van der Waals surface area contributed by atoms with Gasteiger partial charge in [0.25, 0.3) is 0 Å². The fourth-order valence-electron chi connectivity index (χ4n) is 1.43. The topological polar surface area (TPSA) is 72.2 Å². The average Bonchev–Trinajstić information content (AvgIpc) is 2.72. The van der Waals surface area contributed by atoms with Gasteiger partial charge in [0, 0.05) is 13.7 Å². The molecule has 1 rings (SSSR count). The van der Waals surface area contributed by atoms with Crippen LogP contribution in [0.3, 0.4) is 0 Å². The van der Waals surface area contributed by atoms with Crippen molar-refractivity contribution in [3.8, 4) is 0 Å². The number of methoxy groups -OCH3 is 1. The highest BCUT2D eigenvalue weighted by atomic mass is 16.5. The minimum atomic E-state index is -0.401. The Labute approximate surface area is 95.6 Å². The Morgan fingerprint density at radius 3 is 3.12 bits per heavy atom. The van der Waals surface area contributed by atoms with Gasteiger partial charge in [0.05, 0.1) is 19.3 Å². The molecule has 0 amide bonds. The van der Waals surface area contributed by atoms with Gasteiger partial charge in [0.15, 0.2) is 0 Å². The largest absolute Gasteiger partial charge is 0.391 e. The van der Waals surface area contributed by atoms with Crippen molar-refractivity contribution in [3.63, 3.8) is 0 Å². The Morgan fingerprint density at radius 1 is 1.62 bits per heavy atom. The maximum absolute atomic E-state index is 9.41. The lowest BCUT2D eigenvalue weighted by Gasteiger charge is -2.09. The number of nitrogens with one attached hydrogen (secondary N) is 1. The van der Waals surface area contributed by atoms with Crippen molar-refractivity contribution in [1.29, 1.82) is 0 Å². The first-order chi connectivity index (χ1) is 7.77. The Hall–Kier alpha value is -0.980. The van der Waals surface area contributed by atoms with Gasteiger partial charge in [0.1, 0.15) is 12.2 Å². The van der Waals surface area contributed by atoms with Gasteiger partial charge >= 0.3 is 0 Å². The van der Waals surface area contributed by atoms with E-state index < -0.39 is 6.10 Å². The summed E-state index contributed by atoms with van der Waals surface area (Å²) in [6.07, 6.45) is 1.83. The second-order valence-electron chi connectivity index (χ2n) is 3.57. The van der Waals surface area contributed by atoms with E-state index in [1.807, 2.05) is 11.6 Å². The molecule has 6 nitrogen and oxygen atoms in total. The van der Waals surface area contributed by atoms with Crippen molar-refractivity contribution in [2.75, 3.05) is 20.3 Å². The van der Waals surface area contributed by atoms with Crippen LogP contribution in [-0.4, -0.2) is 46.2 Å². The van der Waals surface area contributed by atoms with Crippen molar-refractivity contribution >= 4 is 0 Å². The van der Waals surface area contributed by atoms with E-state index in [1.165, 1.54) is 0 Å². The molecule has 1 atom stereocenters. The summed E-state index contributed by atoms with van der Waals surface area (Å²) >= 11 is 0. The third-order valence-electron chi connectivity index (χ3n) is 2.29. The standard InChI is InChI=1S/C10H20N4O2/c1-3-14-10(12-8-13-14)6-11-5-4-9(15)7-16-2/h8-9,11,15H,3-7H2,1-2H3. The van der Waals surface area contributed by atoms with Gasteiger partial charge in [0.2, 0.25) is 0 Å². The zero-order valence-corrected chi connectivity index (χ0v) is 9.89. The second kappa shape index (κ2) is 7.32. The number of aliphatic hydroxyl groups excluding tert-OH is 1. The predicted octanol–water partition coefficient (Wildman–Crippen LogP) is -0.215. The SMILES string of the molecule is CCn1ncnc1CNCCC(O)COC. The smallest absolute Gasteiger partial charge is 0.140 e. The summed E-state index contributed by atoms with van der Waals surface area (Å²) in [5, 5.41) is 16.7. The molecule has 0 saturated carbocycles. The summed E-state index contributed by atoms with van der Waals surface area (Å²) in [4.78, 5) is 4.14. The van der Waals surface area contributed by atoms with Gasteiger partial charge in [-0.3, -0.25) is 0 Å². The molecule has 0 fully saturated rings. The van der Waals surface area contributed by atoms with Crippen LogP contribution in [0.5, 0.6) is 0 Å². The van der Waals surface area contributed by atoms with E-state index in [0.717, 1.165) is 18.9 Å². The number of hydrogen-bond acceptors (Lipinski definition) is 5. The number of hydrogen-bond donors (Lipinski definition) is 2. The third-order valence-corrected chi connectivity index (χ3v) is 2.29. The van der Waals surface area contributed by atoms with Gasteiger partial charge in [-0.2, -0.15) is 5.10 Å². The quantitative estimate of drug-likeness (QED) is 0.602. The van der Waals surface area contributed by atoms with Crippen molar-refractivity contribution in [1.82, 2.24) is 20.1 Å². The maximum Gasteiger partial charge on any atom is 0.140 e. The molecule has 2 N–H and O–H groups in total. The number of nitrogens with zero attached hydrogens (tertiary/aromatic N) is 3. The van der Waals surface area contributed by atoms with Crippen LogP contribution < -0.4 is 5.32 Å². The van der Waals surface area contributed by atoms with Gasteiger partial charge in [-0.1, -0.05) is 0 Å². The first-order valence-corrected chi connectivity index (χ1v) is 5.52. The Balaban J connectivity index is 2.16. The lowest BCUT2D eigenvalue weighted by atomic mass is 10.2. The molecule has 0 aliphatic heterocycles. The Kier molecular flexibility index (Phi) is 5.99. The lowest BCUT2D eigenvalue weighted by Crippen LogP contribution is -2.24. The molecule has 0 spiro atoms. The van der Waals surface area contributed by atoms with E-state index >= 15 is 0 Å². The normalized spacial score (nSPS) is 12.9. The van der Waals surface area contributed by atoms with Crippen LogP contribution in [0.15, 0.2) is 6.33 Å². The van der Waals surface area contributed by atoms with Crippen LogP contribution in [0.2, 0.25) is 0 Å². The number of rotatable bonds is 8. The molecule has 0 radical (unpaired) electrons. The van der Waals surface area contributed by atoms with E-state index in [4.69, 9.17) is 4.74 Å². The highest BCUT2D eigenvalue weighted by Crippen LogP contribution is 1.94. The Morgan fingerprint density at radius 2 is 2.44 bits per heavy atom. The molecule has 0 aliphatic rings. The molecular formula is C10H20N4O2. The van der Waals surface area contributed by atoms with Crippen LogP contribution in [-0.2, 0) is 17.8 Å². The molecule has 0 saturated heterocycles.